The number of hydrogen-bond acceptors (Lipinski definition) is 4. The van der Waals surface area contributed by atoms with Gasteiger partial charge in [0.1, 0.15) is 6.61 Å². The molecule has 2 aromatic heterocycles. The van der Waals surface area contributed by atoms with Crippen LogP contribution >= 0.6 is 20.6 Å². The van der Waals surface area contributed by atoms with Crippen LogP contribution in [0.2, 0.25) is 0 Å². The van der Waals surface area contributed by atoms with Crippen molar-refractivity contribution in [2.75, 3.05) is 0 Å². The van der Waals surface area contributed by atoms with Gasteiger partial charge in [0.2, 0.25) is 0 Å². The molecule has 0 saturated heterocycles. The smallest absolute Gasteiger partial charge is 0.311 e. The summed E-state index contributed by atoms with van der Waals surface area (Å²) in [5.41, 5.74) is -2.59. The number of carbonyl (C=O) groups is 1. The summed E-state index contributed by atoms with van der Waals surface area (Å²) in [6, 6.07) is 5.99. The molecule has 1 fully saturated rings. The number of alkyl halides is 2. The van der Waals surface area contributed by atoms with Crippen molar-refractivity contribution < 1.29 is 18.3 Å². The standard InChI is InChI=1S/C22H26F2N3O2PS/c1-26-9-10-27(26)13-18(19(16-5-3-6-16)20-25-8-11-31-20)21(28)29-14-15-4-2-7-17(12-15)22(23,24)30/h2,4,7-12,16,18-19H,3,5-6,13-14,30H2,1H3. The zero-order chi connectivity index (χ0) is 22.0. The third-order valence-corrected chi connectivity index (χ3v) is 7.28. The van der Waals surface area contributed by atoms with E-state index in [2.05, 4.69) is 4.98 Å². The maximum absolute atomic E-state index is 13.6. The molecule has 31 heavy (non-hydrogen) atoms. The van der Waals surface area contributed by atoms with E-state index in [-0.39, 0.29) is 24.1 Å². The average molecular weight is 466 g/mol. The highest BCUT2D eigenvalue weighted by atomic mass is 32.1. The van der Waals surface area contributed by atoms with Crippen LogP contribution in [0.15, 0.2) is 48.2 Å². The Morgan fingerprint density at radius 3 is 2.74 bits per heavy atom. The molecule has 0 radical (unpaired) electrons. The summed E-state index contributed by atoms with van der Waals surface area (Å²) in [6.07, 6.45) is 8.95. The van der Waals surface area contributed by atoms with Crippen LogP contribution in [-0.4, -0.2) is 20.3 Å². The zero-order valence-electron chi connectivity index (χ0n) is 17.3. The van der Waals surface area contributed by atoms with Gasteiger partial charge in [0.25, 0.3) is 5.66 Å². The highest BCUT2D eigenvalue weighted by Crippen LogP contribution is 2.45. The van der Waals surface area contributed by atoms with Gasteiger partial charge in [-0.05, 0) is 30.4 Å². The molecule has 3 unspecified atom stereocenters. The Bertz CT molecular complexity index is 1010. The molecule has 0 amide bonds. The molecule has 3 aromatic rings. The van der Waals surface area contributed by atoms with E-state index in [1.807, 2.05) is 34.2 Å². The fraction of sp³-hybridized carbons (Fsp3) is 0.455. The first kappa shape index (κ1) is 22.2. The minimum atomic E-state index is -3.02. The molecule has 1 aliphatic rings. The molecule has 2 heterocycles. The van der Waals surface area contributed by atoms with Crippen molar-refractivity contribution in [1.82, 2.24) is 14.3 Å². The topological polar surface area (TPSA) is 49.0 Å². The van der Waals surface area contributed by atoms with Crippen LogP contribution in [0.4, 0.5) is 8.78 Å². The van der Waals surface area contributed by atoms with Crippen LogP contribution in [0, 0.1) is 11.8 Å². The monoisotopic (exact) mass is 465 g/mol. The Kier molecular flexibility index (Phi) is 6.58. The van der Waals surface area contributed by atoms with E-state index in [0.29, 0.717) is 18.0 Å². The van der Waals surface area contributed by atoms with Crippen molar-refractivity contribution in [2.45, 2.75) is 44.0 Å². The lowest BCUT2D eigenvalue weighted by atomic mass is 9.70. The van der Waals surface area contributed by atoms with Crippen molar-refractivity contribution >= 4 is 26.5 Å². The predicted octanol–water partition coefficient (Wildman–Crippen LogP) is 5.15. The molecule has 9 heteroatoms. The minimum Gasteiger partial charge on any atom is -0.461 e. The van der Waals surface area contributed by atoms with Gasteiger partial charge in [0.05, 0.1) is 17.5 Å². The van der Waals surface area contributed by atoms with E-state index in [0.717, 1.165) is 24.3 Å². The van der Waals surface area contributed by atoms with Crippen LogP contribution in [0.25, 0.3) is 0 Å². The number of ether oxygens (including phenoxy) is 1. The molecule has 0 aliphatic heterocycles. The first-order valence-corrected chi connectivity index (χ1v) is 11.8. The van der Waals surface area contributed by atoms with E-state index in [1.165, 1.54) is 21.4 Å². The maximum atomic E-state index is 13.6. The van der Waals surface area contributed by atoms with Crippen molar-refractivity contribution in [2.24, 2.45) is 18.9 Å². The van der Waals surface area contributed by atoms with Crippen LogP contribution in [0.1, 0.15) is 41.3 Å². The van der Waals surface area contributed by atoms with E-state index >= 15 is 0 Å². The van der Waals surface area contributed by atoms with Crippen LogP contribution < -0.4 is 0 Å². The van der Waals surface area contributed by atoms with Gasteiger partial charge in [-0.3, -0.25) is 14.2 Å². The fourth-order valence-electron chi connectivity index (χ4n) is 4.05. The second kappa shape index (κ2) is 9.21. The summed E-state index contributed by atoms with van der Waals surface area (Å²) < 4.78 is 36.8. The van der Waals surface area contributed by atoms with Crippen LogP contribution in [0.5, 0.6) is 0 Å². The SMILES string of the molecule is Cn1ccn1CC(C(=O)OCc1cccc(C(F)(F)P)c1)C(c1nccs1)C1CCC1. The molecular weight excluding hydrogens is 439 g/mol. The lowest BCUT2D eigenvalue weighted by Gasteiger charge is -2.37. The van der Waals surface area contributed by atoms with Crippen molar-refractivity contribution in [3.63, 3.8) is 0 Å². The van der Waals surface area contributed by atoms with Crippen molar-refractivity contribution in [3.8, 4) is 0 Å². The van der Waals surface area contributed by atoms with Gasteiger partial charge in [-0.2, -0.15) is 8.78 Å². The van der Waals surface area contributed by atoms with Crippen LogP contribution in [0.3, 0.4) is 0 Å². The Hall–Kier alpha value is -2.05. The number of rotatable bonds is 9. The summed E-state index contributed by atoms with van der Waals surface area (Å²) in [6.45, 7) is 0.459. The summed E-state index contributed by atoms with van der Waals surface area (Å²) >= 11 is 1.57. The number of carbonyl (C=O) groups excluding carboxylic acids is 1. The van der Waals surface area contributed by atoms with E-state index in [1.54, 1.807) is 29.7 Å². The van der Waals surface area contributed by atoms with Gasteiger partial charge in [-0.25, -0.2) is 4.98 Å². The van der Waals surface area contributed by atoms with Gasteiger partial charge >= 0.3 is 5.97 Å². The van der Waals surface area contributed by atoms with E-state index < -0.39 is 11.6 Å². The number of esters is 1. The summed E-state index contributed by atoms with van der Waals surface area (Å²) in [5.74, 6) is -0.316. The molecule has 0 bridgehead atoms. The van der Waals surface area contributed by atoms with E-state index in [9.17, 15) is 13.6 Å². The number of aromatic nitrogens is 3. The zero-order valence-corrected chi connectivity index (χ0v) is 19.3. The second-order valence-electron chi connectivity index (χ2n) is 8.12. The van der Waals surface area contributed by atoms with Gasteiger partial charge in [0.15, 0.2) is 0 Å². The normalized spacial score (nSPS) is 16.6. The molecule has 1 aromatic carbocycles. The second-order valence-corrected chi connectivity index (χ2v) is 9.77. The van der Waals surface area contributed by atoms with Crippen LogP contribution in [-0.2, 0) is 35.4 Å². The Labute approximate surface area is 186 Å². The van der Waals surface area contributed by atoms with Gasteiger partial charge in [-0.1, -0.05) is 33.9 Å². The number of aryl methyl sites for hydroxylation is 1. The predicted molar refractivity (Wildman–Crippen MR) is 119 cm³/mol. The summed E-state index contributed by atoms with van der Waals surface area (Å²) in [4.78, 5) is 17.8. The number of thiazole rings is 1. The molecule has 0 N–H and O–H groups in total. The Balaban J connectivity index is 1.54. The Morgan fingerprint density at radius 2 is 2.19 bits per heavy atom. The number of nitrogens with zero attached hydrogens (tertiary/aromatic N) is 3. The number of benzene rings is 1. The average Bonchev–Trinajstić information content (AvgIpc) is 3.23. The fourth-order valence-corrected chi connectivity index (χ4v) is 5.13. The van der Waals surface area contributed by atoms with Gasteiger partial charge in [-0.15, -0.1) is 11.3 Å². The maximum Gasteiger partial charge on any atom is 0.311 e. The molecule has 166 valence electrons. The highest BCUT2D eigenvalue weighted by Gasteiger charge is 2.41. The largest absolute Gasteiger partial charge is 0.461 e. The minimum absolute atomic E-state index is 0.00800. The summed E-state index contributed by atoms with van der Waals surface area (Å²) in [7, 11) is 3.47. The lowest BCUT2D eigenvalue weighted by Crippen LogP contribution is -2.37. The van der Waals surface area contributed by atoms with Crippen molar-refractivity contribution in [3.05, 3.63) is 64.4 Å². The molecule has 0 spiro atoms. The number of hydrogen-bond donors (Lipinski definition) is 0. The van der Waals surface area contributed by atoms with Gasteiger partial charge in [0, 0.05) is 42.5 Å². The molecular formula is C22H26F2N3O2PS. The molecule has 1 saturated carbocycles. The lowest BCUT2D eigenvalue weighted by molar-refractivity contribution is -0.152. The molecule has 5 nitrogen and oxygen atoms in total. The van der Waals surface area contributed by atoms with E-state index in [4.69, 9.17) is 4.74 Å². The first-order valence-electron chi connectivity index (χ1n) is 10.3. The molecule has 4 rings (SSSR count). The quantitative estimate of drug-likeness (QED) is 0.324. The molecule has 3 atom stereocenters. The highest BCUT2D eigenvalue weighted by molar-refractivity contribution is 7.17. The molecule has 1 aliphatic carbocycles. The Morgan fingerprint density at radius 1 is 1.39 bits per heavy atom. The summed E-state index contributed by atoms with van der Waals surface area (Å²) in [5, 5.41) is 2.90. The van der Waals surface area contributed by atoms with Crippen molar-refractivity contribution in [1.29, 1.82) is 0 Å². The third-order valence-electron chi connectivity index (χ3n) is 6.07. The third kappa shape index (κ3) is 5.07. The van der Waals surface area contributed by atoms with Gasteiger partial charge < -0.3 is 4.74 Å². The first-order chi connectivity index (χ1) is 14.8. The number of halogens is 2.